The number of benzene rings is 1. The van der Waals surface area contributed by atoms with Gasteiger partial charge in [0.2, 0.25) is 0 Å². The summed E-state index contributed by atoms with van der Waals surface area (Å²) in [6, 6.07) is 5.44. The van der Waals surface area contributed by atoms with Crippen molar-refractivity contribution in [1.29, 1.82) is 0 Å². The molecule has 0 aliphatic heterocycles. The van der Waals surface area contributed by atoms with Gasteiger partial charge in [0.1, 0.15) is 17.8 Å². The number of ether oxygens (including phenoxy) is 1. The van der Waals surface area contributed by atoms with E-state index in [0.717, 1.165) is 22.1 Å². The first-order valence-electron chi connectivity index (χ1n) is 10.1. The van der Waals surface area contributed by atoms with E-state index in [0.29, 0.717) is 23.0 Å². The zero-order chi connectivity index (χ0) is 20.4. The van der Waals surface area contributed by atoms with E-state index in [9.17, 15) is 4.79 Å². The molecule has 0 spiro atoms. The molecule has 1 saturated carbocycles. The van der Waals surface area contributed by atoms with Crippen molar-refractivity contribution >= 4 is 33.1 Å². The van der Waals surface area contributed by atoms with Crippen molar-refractivity contribution in [1.82, 2.24) is 15.0 Å². The SMILES string of the molecule is COc1cc2nc(C3CCC(C(C)C)CC3)sc2cc1NC(=O)c1ccncn1. The topological polar surface area (TPSA) is 77.0 Å². The van der Waals surface area contributed by atoms with Gasteiger partial charge in [-0.25, -0.2) is 15.0 Å². The number of hydrogen-bond donors (Lipinski definition) is 1. The second-order valence-electron chi connectivity index (χ2n) is 7.98. The molecule has 1 aliphatic carbocycles. The maximum Gasteiger partial charge on any atom is 0.274 e. The Balaban J connectivity index is 1.57. The van der Waals surface area contributed by atoms with Crippen LogP contribution in [0.15, 0.2) is 30.7 Å². The van der Waals surface area contributed by atoms with Gasteiger partial charge in [-0.05, 0) is 49.7 Å². The number of carbonyl (C=O) groups excluding carboxylic acids is 1. The van der Waals surface area contributed by atoms with Crippen LogP contribution in [-0.4, -0.2) is 28.0 Å². The number of nitrogens with zero attached hydrogens (tertiary/aromatic N) is 3. The van der Waals surface area contributed by atoms with Crippen LogP contribution < -0.4 is 10.1 Å². The number of hydrogen-bond acceptors (Lipinski definition) is 6. The first-order chi connectivity index (χ1) is 14.0. The largest absolute Gasteiger partial charge is 0.494 e. The molecule has 1 aliphatic rings. The van der Waals surface area contributed by atoms with Crippen LogP contribution in [0.4, 0.5) is 5.69 Å². The van der Waals surface area contributed by atoms with Crippen LogP contribution in [0.3, 0.4) is 0 Å². The molecule has 29 heavy (non-hydrogen) atoms. The Kier molecular flexibility index (Phi) is 5.76. The predicted octanol–water partition coefficient (Wildman–Crippen LogP) is 5.28. The lowest BCUT2D eigenvalue weighted by Crippen LogP contribution is -2.17. The van der Waals surface area contributed by atoms with E-state index in [2.05, 4.69) is 29.1 Å². The van der Waals surface area contributed by atoms with E-state index in [1.165, 1.54) is 37.0 Å². The van der Waals surface area contributed by atoms with Gasteiger partial charge < -0.3 is 10.1 Å². The monoisotopic (exact) mass is 410 g/mol. The van der Waals surface area contributed by atoms with Gasteiger partial charge >= 0.3 is 0 Å². The van der Waals surface area contributed by atoms with Gasteiger partial charge in [0, 0.05) is 18.2 Å². The molecule has 1 aromatic carbocycles. The molecule has 1 amide bonds. The van der Waals surface area contributed by atoms with Gasteiger partial charge in [-0.3, -0.25) is 4.79 Å². The van der Waals surface area contributed by atoms with Gasteiger partial charge in [-0.2, -0.15) is 0 Å². The van der Waals surface area contributed by atoms with Crippen LogP contribution in [0.1, 0.15) is 60.9 Å². The van der Waals surface area contributed by atoms with E-state index in [-0.39, 0.29) is 5.91 Å². The lowest BCUT2D eigenvalue weighted by atomic mass is 9.77. The summed E-state index contributed by atoms with van der Waals surface area (Å²) in [5, 5.41) is 4.10. The van der Waals surface area contributed by atoms with E-state index in [1.807, 2.05) is 12.1 Å². The lowest BCUT2D eigenvalue weighted by molar-refractivity contribution is 0.102. The quantitative estimate of drug-likeness (QED) is 0.619. The standard InChI is InChI=1S/C22H26N4O2S/c1-13(2)14-4-6-15(7-5-14)22-26-18-10-19(28-3)17(11-20(18)29-22)25-21(27)16-8-9-23-12-24-16/h8-15H,4-7H2,1-3H3,(H,25,27). The Morgan fingerprint density at radius 3 is 2.69 bits per heavy atom. The fourth-order valence-electron chi connectivity index (χ4n) is 4.06. The highest BCUT2D eigenvalue weighted by molar-refractivity contribution is 7.18. The molecule has 0 unspecified atom stereocenters. The highest BCUT2D eigenvalue weighted by Gasteiger charge is 2.26. The predicted molar refractivity (Wildman–Crippen MR) is 116 cm³/mol. The van der Waals surface area contributed by atoms with Crippen molar-refractivity contribution in [2.75, 3.05) is 12.4 Å². The normalized spacial score (nSPS) is 19.4. The number of rotatable bonds is 5. The minimum Gasteiger partial charge on any atom is -0.494 e. The number of anilines is 1. The molecule has 2 heterocycles. The Labute approximate surface area is 174 Å². The van der Waals surface area contributed by atoms with Crippen molar-refractivity contribution in [3.05, 3.63) is 41.4 Å². The zero-order valence-electron chi connectivity index (χ0n) is 17.0. The third kappa shape index (κ3) is 4.24. The van der Waals surface area contributed by atoms with Gasteiger partial charge in [0.05, 0.1) is 28.0 Å². The van der Waals surface area contributed by atoms with E-state index < -0.39 is 0 Å². The van der Waals surface area contributed by atoms with Crippen molar-refractivity contribution in [2.45, 2.75) is 45.4 Å². The first-order valence-corrected chi connectivity index (χ1v) is 10.9. The summed E-state index contributed by atoms with van der Waals surface area (Å²) in [4.78, 5) is 25.2. The van der Waals surface area contributed by atoms with Crippen LogP contribution >= 0.6 is 11.3 Å². The molecule has 1 fully saturated rings. The summed E-state index contributed by atoms with van der Waals surface area (Å²) in [6.07, 6.45) is 7.88. The van der Waals surface area contributed by atoms with E-state index in [1.54, 1.807) is 30.7 Å². The molecule has 152 valence electrons. The molecular weight excluding hydrogens is 384 g/mol. The van der Waals surface area contributed by atoms with Gasteiger partial charge in [-0.15, -0.1) is 11.3 Å². The van der Waals surface area contributed by atoms with Crippen LogP contribution in [0.5, 0.6) is 5.75 Å². The summed E-state index contributed by atoms with van der Waals surface area (Å²) < 4.78 is 6.56. The molecular formula is C22H26N4O2S. The number of thiazole rings is 1. The van der Waals surface area contributed by atoms with Gasteiger partial charge in [0.15, 0.2) is 0 Å². The Bertz CT molecular complexity index is 995. The molecule has 4 rings (SSSR count). The average Bonchev–Trinajstić information content (AvgIpc) is 3.16. The van der Waals surface area contributed by atoms with Crippen LogP contribution in [0, 0.1) is 11.8 Å². The first kappa shape index (κ1) is 19.8. The molecule has 0 radical (unpaired) electrons. The number of aromatic nitrogens is 3. The van der Waals surface area contributed by atoms with Crippen molar-refractivity contribution in [3.8, 4) is 5.75 Å². The van der Waals surface area contributed by atoms with Gasteiger partial charge in [-0.1, -0.05) is 13.8 Å². The molecule has 2 aromatic heterocycles. The molecule has 0 bridgehead atoms. The summed E-state index contributed by atoms with van der Waals surface area (Å²) in [7, 11) is 1.60. The van der Waals surface area contributed by atoms with Gasteiger partial charge in [0.25, 0.3) is 5.91 Å². The molecule has 0 atom stereocenters. The number of methoxy groups -OCH3 is 1. The van der Waals surface area contributed by atoms with Crippen molar-refractivity contribution in [3.63, 3.8) is 0 Å². The molecule has 0 saturated heterocycles. The second-order valence-corrected chi connectivity index (χ2v) is 9.04. The Morgan fingerprint density at radius 1 is 1.24 bits per heavy atom. The van der Waals surface area contributed by atoms with E-state index >= 15 is 0 Å². The fraction of sp³-hybridized carbons (Fsp3) is 0.455. The van der Waals surface area contributed by atoms with Crippen LogP contribution in [-0.2, 0) is 0 Å². The maximum atomic E-state index is 12.5. The Hall–Kier alpha value is -2.54. The minimum atomic E-state index is -0.290. The lowest BCUT2D eigenvalue weighted by Gasteiger charge is -2.29. The van der Waals surface area contributed by atoms with Crippen LogP contribution in [0.25, 0.3) is 10.2 Å². The summed E-state index contributed by atoms with van der Waals surface area (Å²) in [5.41, 5.74) is 1.87. The summed E-state index contributed by atoms with van der Waals surface area (Å²) >= 11 is 1.73. The second kappa shape index (κ2) is 8.45. The fourth-order valence-corrected chi connectivity index (χ4v) is 5.22. The van der Waals surface area contributed by atoms with E-state index in [4.69, 9.17) is 9.72 Å². The zero-order valence-corrected chi connectivity index (χ0v) is 17.8. The maximum absolute atomic E-state index is 12.5. The number of amides is 1. The third-order valence-corrected chi connectivity index (χ3v) is 7.03. The summed E-state index contributed by atoms with van der Waals surface area (Å²) in [5.74, 6) is 2.44. The highest BCUT2D eigenvalue weighted by atomic mass is 32.1. The summed E-state index contributed by atoms with van der Waals surface area (Å²) in [6.45, 7) is 4.65. The average molecular weight is 411 g/mol. The minimum absolute atomic E-state index is 0.290. The Morgan fingerprint density at radius 2 is 2.03 bits per heavy atom. The molecule has 6 nitrogen and oxygen atoms in total. The van der Waals surface area contributed by atoms with Crippen LogP contribution in [0.2, 0.25) is 0 Å². The van der Waals surface area contributed by atoms with Crippen molar-refractivity contribution < 1.29 is 9.53 Å². The smallest absolute Gasteiger partial charge is 0.274 e. The number of carbonyl (C=O) groups is 1. The highest BCUT2D eigenvalue weighted by Crippen LogP contribution is 2.42. The number of fused-ring (bicyclic) bond motifs is 1. The molecule has 3 aromatic rings. The van der Waals surface area contributed by atoms with Crippen molar-refractivity contribution in [2.24, 2.45) is 11.8 Å². The molecule has 1 N–H and O–H groups in total. The number of nitrogens with one attached hydrogen (secondary N) is 1. The third-order valence-electron chi connectivity index (χ3n) is 5.85. The molecule has 7 heteroatoms.